The molecule has 3 fully saturated rings. The van der Waals surface area contributed by atoms with Crippen LogP contribution in [-0.2, 0) is 16.2 Å². The van der Waals surface area contributed by atoms with Gasteiger partial charge in [-0.15, -0.1) is 5.10 Å². The first-order chi connectivity index (χ1) is 16.4. The molecular weight excluding hydrogens is 483 g/mol. The molecule has 1 spiro atoms. The first kappa shape index (κ1) is 24.6. The van der Waals surface area contributed by atoms with Crippen molar-refractivity contribution in [3.63, 3.8) is 0 Å². The number of sulfonamides is 1. The van der Waals surface area contributed by atoms with Gasteiger partial charge in [0.1, 0.15) is 4.90 Å². The molecule has 9 nitrogen and oxygen atoms in total. The fourth-order valence-electron chi connectivity index (χ4n) is 5.96. The van der Waals surface area contributed by atoms with Gasteiger partial charge in [0.25, 0.3) is 0 Å². The first-order valence-corrected chi connectivity index (χ1v) is 13.5. The van der Waals surface area contributed by atoms with E-state index >= 15 is 0 Å². The van der Waals surface area contributed by atoms with Crippen LogP contribution in [0, 0.1) is 5.41 Å². The molecule has 0 atom stereocenters. The maximum absolute atomic E-state index is 13.8. The molecule has 1 saturated heterocycles. The van der Waals surface area contributed by atoms with Crippen LogP contribution in [0.5, 0.6) is 0 Å². The largest absolute Gasteiger partial charge is 0.417 e. The van der Waals surface area contributed by atoms with E-state index in [9.17, 15) is 21.6 Å². The third kappa shape index (κ3) is 4.95. The molecule has 0 bridgehead atoms. The monoisotopic (exact) mass is 513 g/mol. The first-order valence-electron chi connectivity index (χ1n) is 11.9. The molecule has 13 heteroatoms. The van der Waals surface area contributed by atoms with Crippen molar-refractivity contribution in [2.45, 2.75) is 73.9 Å². The van der Waals surface area contributed by atoms with Gasteiger partial charge in [0.05, 0.1) is 5.56 Å². The van der Waals surface area contributed by atoms with E-state index in [-0.39, 0.29) is 28.3 Å². The van der Waals surface area contributed by atoms with Crippen LogP contribution in [-0.4, -0.2) is 59.1 Å². The van der Waals surface area contributed by atoms with Crippen molar-refractivity contribution in [2.24, 2.45) is 16.3 Å². The number of likely N-dealkylation sites (tertiary alicyclic amines) is 1. The van der Waals surface area contributed by atoms with Gasteiger partial charge in [-0.2, -0.15) is 13.2 Å². The number of rotatable bonds is 5. The third-order valence-electron chi connectivity index (χ3n) is 8.20. The average Bonchev–Trinajstić information content (AvgIpc) is 3.28. The van der Waals surface area contributed by atoms with E-state index in [0.717, 1.165) is 77.1 Å². The summed E-state index contributed by atoms with van der Waals surface area (Å²) in [5, 5.41) is 18.4. The summed E-state index contributed by atoms with van der Waals surface area (Å²) >= 11 is 0. The molecule has 0 amide bonds. The van der Waals surface area contributed by atoms with Gasteiger partial charge >= 0.3 is 6.18 Å². The second-order valence-electron chi connectivity index (χ2n) is 10.6. The van der Waals surface area contributed by atoms with E-state index in [2.05, 4.69) is 25.5 Å². The molecule has 35 heavy (non-hydrogen) atoms. The molecule has 1 aromatic carbocycles. The van der Waals surface area contributed by atoms with Crippen LogP contribution in [0.1, 0.15) is 68.4 Å². The number of hydrogen-bond donors (Lipinski definition) is 3. The highest BCUT2D eigenvalue weighted by molar-refractivity contribution is 7.89. The Kier molecular flexibility index (Phi) is 5.97. The highest BCUT2D eigenvalue weighted by Crippen LogP contribution is 2.51. The van der Waals surface area contributed by atoms with Crippen molar-refractivity contribution in [3.05, 3.63) is 23.3 Å². The lowest BCUT2D eigenvalue weighted by Gasteiger charge is -2.46. The SMILES string of the molecule is NC1(CN2CCC3(CCC(c4ccc(C(F)(F)F)c(S(N)(=O)=O)c4-c4nnn[nH]4)CC3)CC2)CC1. The number of nitrogens with two attached hydrogens (primary N) is 2. The number of alkyl halides is 3. The Labute approximate surface area is 201 Å². The molecule has 2 saturated carbocycles. The second-order valence-corrected chi connectivity index (χ2v) is 12.1. The van der Waals surface area contributed by atoms with Crippen LogP contribution in [0.3, 0.4) is 0 Å². The average molecular weight is 514 g/mol. The quantitative estimate of drug-likeness (QED) is 0.558. The Bertz CT molecular complexity index is 1180. The summed E-state index contributed by atoms with van der Waals surface area (Å²) in [5.41, 5.74) is 5.47. The predicted molar refractivity (Wildman–Crippen MR) is 121 cm³/mol. The number of tetrazole rings is 1. The van der Waals surface area contributed by atoms with Crippen molar-refractivity contribution < 1.29 is 21.6 Å². The molecule has 3 aliphatic rings. The van der Waals surface area contributed by atoms with E-state index in [1.807, 2.05) is 0 Å². The normalized spacial score (nSPS) is 23.0. The highest BCUT2D eigenvalue weighted by Gasteiger charge is 2.44. The maximum atomic E-state index is 13.8. The van der Waals surface area contributed by atoms with E-state index in [0.29, 0.717) is 5.56 Å². The van der Waals surface area contributed by atoms with Crippen LogP contribution >= 0.6 is 0 Å². The van der Waals surface area contributed by atoms with E-state index in [1.54, 1.807) is 0 Å². The number of primary sulfonamides is 1. The Morgan fingerprint density at radius 3 is 2.26 bits per heavy atom. The minimum atomic E-state index is -4.91. The van der Waals surface area contributed by atoms with Crippen molar-refractivity contribution in [3.8, 4) is 11.4 Å². The Morgan fingerprint density at radius 1 is 1.09 bits per heavy atom. The third-order valence-corrected chi connectivity index (χ3v) is 9.19. The van der Waals surface area contributed by atoms with Gasteiger partial charge in [0.15, 0.2) is 5.82 Å². The van der Waals surface area contributed by atoms with E-state index in [4.69, 9.17) is 10.9 Å². The zero-order chi connectivity index (χ0) is 25.1. The van der Waals surface area contributed by atoms with Crippen LogP contribution in [0.2, 0.25) is 0 Å². The maximum Gasteiger partial charge on any atom is 0.417 e. The lowest BCUT2D eigenvalue weighted by molar-refractivity contribution is -0.139. The molecule has 0 radical (unpaired) electrons. The summed E-state index contributed by atoms with van der Waals surface area (Å²) in [7, 11) is -4.73. The zero-order valence-corrected chi connectivity index (χ0v) is 20.1. The second kappa shape index (κ2) is 8.49. The number of H-pyrrole nitrogens is 1. The molecule has 2 aromatic rings. The van der Waals surface area contributed by atoms with Gasteiger partial charge in [0.2, 0.25) is 10.0 Å². The minimum Gasteiger partial charge on any atom is -0.324 e. The number of halogens is 3. The molecule has 2 heterocycles. The number of hydrogen-bond acceptors (Lipinski definition) is 7. The molecular formula is C22H30F3N7O2S. The standard InChI is InChI=1S/C22H30F3N7O2S/c23-22(24,25)16-2-1-15(17(18(16)35(27,33)34)19-28-30-31-29-19)14-3-5-20(6-4-14)9-11-32(12-10-20)13-21(26)7-8-21/h1-2,14H,3-13,26H2,(H2,27,33,34)(H,28,29,30,31). The van der Waals surface area contributed by atoms with Crippen LogP contribution in [0.4, 0.5) is 13.2 Å². The van der Waals surface area contributed by atoms with Crippen molar-refractivity contribution in [1.82, 2.24) is 25.5 Å². The van der Waals surface area contributed by atoms with Gasteiger partial charge in [0, 0.05) is 17.6 Å². The van der Waals surface area contributed by atoms with Gasteiger partial charge in [-0.05, 0) is 97.8 Å². The molecule has 5 rings (SSSR count). The van der Waals surface area contributed by atoms with Crippen LogP contribution < -0.4 is 10.9 Å². The number of nitrogens with zero attached hydrogens (tertiary/aromatic N) is 4. The Morgan fingerprint density at radius 2 is 1.74 bits per heavy atom. The lowest BCUT2D eigenvalue weighted by atomic mass is 9.64. The van der Waals surface area contributed by atoms with Gasteiger partial charge in [-0.1, -0.05) is 6.07 Å². The minimum absolute atomic E-state index is 0.00224. The zero-order valence-electron chi connectivity index (χ0n) is 19.3. The van der Waals surface area contributed by atoms with Gasteiger partial charge in [-0.25, -0.2) is 18.7 Å². The number of aromatic amines is 1. The van der Waals surface area contributed by atoms with Gasteiger partial charge < -0.3 is 10.6 Å². The summed E-state index contributed by atoms with van der Waals surface area (Å²) in [6.07, 6.45) is 2.76. The van der Waals surface area contributed by atoms with Crippen molar-refractivity contribution in [1.29, 1.82) is 0 Å². The Hall–Kier alpha value is -2.09. The molecule has 1 aliphatic heterocycles. The smallest absolute Gasteiger partial charge is 0.324 e. The van der Waals surface area contributed by atoms with E-state index < -0.39 is 26.7 Å². The number of piperidine rings is 1. The lowest BCUT2D eigenvalue weighted by Crippen LogP contribution is -2.47. The summed E-state index contributed by atoms with van der Waals surface area (Å²) in [6.45, 7) is 2.96. The molecule has 5 N–H and O–H groups in total. The molecule has 2 aliphatic carbocycles. The number of aromatic nitrogens is 4. The van der Waals surface area contributed by atoms with Gasteiger partial charge in [-0.3, -0.25) is 0 Å². The molecule has 192 valence electrons. The molecule has 0 unspecified atom stereocenters. The number of nitrogens with one attached hydrogen (secondary N) is 1. The summed E-state index contributed by atoms with van der Waals surface area (Å²) in [4.78, 5) is 1.47. The van der Waals surface area contributed by atoms with Crippen molar-refractivity contribution in [2.75, 3.05) is 19.6 Å². The highest BCUT2D eigenvalue weighted by atomic mass is 32.2. The fraction of sp³-hybridized carbons (Fsp3) is 0.682. The Balaban J connectivity index is 1.41. The summed E-state index contributed by atoms with van der Waals surface area (Å²) in [5.74, 6) is -0.264. The number of benzene rings is 1. The molecule has 1 aromatic heterocycles. The summed E-state index contributed by atoms with van der Waals surface area (Å²) < 4.78 is 66.1. The summed E-state index contributed by atoms with van der Waals surface area (Å²) in [6, 6.07) is 2.17. The predicted octanol–water partition coefficient (Wildman–Crippen LogP) is 2.76. The fourth-order valence-corrected chi connectivity index (χ4v) is 6.95. The van der Waals surface area contributed by atoms with Crippen LogP contribution in [0.15, 0.2) is 17.0 Å². The van der Waals surface area contributed by atoms with Crippen LogP contribution in [0.25, 0.3) is 11.4 Å². The topological polar surface area (TPSA) is 144 Å². The van der Waals surface area contributed by atoms with E-state index in [1.165, 1.54) is 6.07 Å². The van der Waals surface area contributed by atoms with Crippen molar-refractivity contribution >= 4 is 10.0 Å².